The zero-order valence-corrected chi connectivity index (χ0v) is 11.1. The Kier molecular flexibility index (Phi) is 3.66. The quantitative estimate of drug-likeness (QED) is 0.773. The molecule has 0 spiro atoms. The first-order valence-electron chi connectivity index (χ1n) is 5.38. The predicted octanol–water partition coefficient (Wildman–Crippen LogP) is 3.75. The van der Waals surface area contributed by atoms with Gasteiger partial charge in [0.25, 0.3) is 0 Å². The molecule has 4 heteroatoms. The zero-order valence-electron chi connectivity index (χ0n) is 9.48. The summed E-state index contributed by atoms with van der Waals surface area (Å²) in [5.74, 6) is 0. The van der Waals surface area contributed by atoms with Gasteiger partial charge in [-0.2, -0.15) is 4.37 Å². The van der Waals surface area contributed by atoms with E-state index in [2.05, 4.69) is 28.5 Å². The molecule has 1 aromatic carbocycles. The van der Waals surface area contributed by atoms with Crippen LogP contribution in [0.15, 0.2) is 24.3 Å². The highest BCUT2D eigenvalue weighted by atomic mass is 35.5. The van der Waals surface area contributed by atoms with Gasteiger partial charge in [-0.15, -0.1) is 11.6 Å². The maximum Gasteiger partial charge on any atom is 0.119 e. The van der Waals surface area contributed by atoms with E-state index in [1.807, 2.05) is 19.1 Å². The lowest BCUT2D eigenvalue weighted by Gasteiger charge is -2.17. The number of benzene rings is 1. The van der Waals surface area contributed by atoms with Gasteiger partial charge in [0.1, 0.15) is 5.00 Å². The number of halogens is 1. The smallest absolute Gasteiger partial charge is 0.119 e. The van der Waals surface area contributed by atoms with Crippen LogP contribution in [0.5, 0.6) is 0 Å². The second-order valence-corrected chi connectivity index (χ2v) is 5.49. The van der Waals surface area contributed by atoms with Gasteiger partial charge in [0.05, 0.1) is 5.52 Å². The van der Waals surface area contributed by atoms with Gasteiger partial charge in [-0.1, -0.05) is 12.1 Å². The van der Waals surface area contributed by atoms with E-state index < -0.39 is 0 Å². The molecule has 0 amide bonds. The number of nitrogens with zero attached hydrogens (tertiary/aromatic N) is 2. The molecule has 1 unspecified atom stereocenters. The molecule has 0 aliphatic carbocycles. The Hall–Kier alpha value is -0.800. The molecule has 0 aliphatic heterocycles. The van der Waals surface area contributed by atoms with Gasteiger partial charge in [-0.05, 0) is 37.0 Å². The minimum Gasteiger partial charge on any atom is -0.365 e. The van der Waals surface area contributed by atoms with Crippen LogP contribution in [0.2, 0.25) is 0 Å². The lowest BCUT2D eigenvalue weighted by molar-refractivity contribution is 0.778. The number of rotatable bonds is 4. The predicted molar refractivity (Wildman–Crippen MR) is 72.8 cm³/mol. The molecule has 2 rings (SSSR count). The average Bonchev–Trinajstić information content (AvgIpc) is 2.69. The Morgan fingerprint density at radius 2 is 2.19 bits per heavy atom. The zero-order chi connectivity index (χ0) is 11.5. The lowest BCUT2D eigenvalue weighted by atomic mass is 10.2. The molecule has 1 heterocycles. The number of hydrogen-bond acceptors (Lipinski definition) is 3. The van der Waals surface area contributed by atoms with Crippen molar-refractivity contribution in [1.82, 2.24) is 4.37 Å². The van der Waals surface area contributed by atoms with Crippen molar-refractivity contribution < 1.29 is 0 Å². The topological polar surface area (TPSA) is 16.1 Å². The van der Waals surface area contributed by atoms with Crippen LogP contribution in [0.25, 0.3) is 10.9 Å². The molecule has 0 fully saturated rings. The van der Waals surface area contributed by atoms with Crippen molar-refractivity contribution in [2.75, 3.05) is 18.5 Å². The van der Waals surface area contributed by atoms with Crippen molar-refractivity contribution in [3.63, 3.8) is 0 Å². The summed E-state index contributed by atoms with van der Waals surface area (Å²) in [6.45, 7) is 3.00. The van der Waals surface area contributed by atoms with Crippen LogP contribution >= 0.6 is 23.1 Å². The van der Waals surface area contributed by atoms with Crippen molar-refractivity contribution in [3.05, 3.63) is 24.3 Å². The summed E-state index contributed by atoms with van der Waals surface area (Å²) in [6, 6.07) is 8.24. The Labute approximate surface area is 105 Å². The molecule has 0 radical (unpaired) electrons. The lowest BCUT2D eigenvalue weighted by Crippen LogP contribution is -2.19. The number of aromatic nitrogens is 1. The highest BCUT2D eigenvalue weighted by Crippen LogP contribution is 2.30. The standard InChI is InChI=1S/C12H15ClN2S/c1-9(13)7-8-15(2)12-10-5-3-4-6-11(10)14-16-12/h3-6,9H,7-8H2,1-2H3. The van der Waals surface area contributed by atoms with Crippen LogP contribution in [0.4, 0.5) is 5.00 Å². The second kappa shape index (κ2) is 5.02. The largest absolute Gasteiger partial charge is 0.365 e. The Morgan fingerprint density at radius 3 is 2.94 bits per heavy atom. The van der Waals surface area contributed by atoms with Gasteiger partial charge in [0.2, 0.25) is 0 Å². The van der Waals surface area contributed by atoms with Crippen molar-refractivity contribution in [2.45, 2.75) is 18.7 Å². The fourth-order valence-corrected chi connectivity index (χ4v) is 2.57. The van der Waals surface area contributed by atoms with Gasteiger partial charge >= 0.3 is 0 Å². The second-order valence-electron chi connectivity index (χ2n) is 4.00. The van der Waals surface area contributed by atoms with Crippen LogP contribution in [0.3, 0.4) is 0 Å². The first kappa shape index (κ1) is 11.7. The first-order valence-corrected chi connectivity index (χ1v) is 6.59. The fraction of sp³-hybridized carbons (Fsp3) is 0.417. The van der Waals surface area contributed by atoms with E-state index in [0.717, 1.165) is 18.5 Å². The third-order valence-electron chi connectivity index (χ3n) is 2.57. The first-order chi connectivity index (χ1) is 7.68. The molecule has 0 saturated heterocycles. The Bertz CT molecular complexity index is 467. The van der Waals surface area contributed by atoms with Gasteiger partial charge in [0.15, 0.2) is 0 Å². The minimum absolute atomic E-state index is 0.224. The number of anilines is 1. The van der Waals surface area contributed by atoms with Crippen molar-refractivity contribution in [1.29, 1.82) is 0 Å². The molecular weight excluding hydrogens is 240 g/mol. The summed E-state index contributed by atoms with van der Waals surface area (Å²) in [6.07, 6.45) is 0.990. The molecule has 1 aromatic heterocycles. The summed E-state index contributed by atoms with van der Waals surface area (Å²) in [7, 11) is 2.10. The molecule has 16 heavy (non-hydrogen) atoms. The molecule has 2 aromatic rings. The van der Waals surface area contributed by atoms with Crippen LogP contribution in [-0.4, -0.2) is 23.3 Å². The molecular formula is C12H15ClN2S. The molecule has 0 bridgehead atoms. The molecule has 1 atom stereocenters. The molecule has 0 N–H and O–H groups in total. The van der Waals surface area contributed by atoms with Gasteiger partial charge in [-0.25, -0.2) is 0 Å². The normalized spacial score (nSPS) is 12.9. The summed E-state index contributed by atoms with van der Waals surface area (Å²) in [5.41, 5.74) is 1.08. The molecule has 0 saturated carbocycles. The van der Waals surface area contributed by atoms with E-state index in [-0.39, 0.29) is 5.38 Å². The van der Waals surface area contributed by atoms with E-state index in [1.165, 1.54) is 10.4 Å². The van der Waals surface area contributed by atoms with E-state index in [0.29, 0.717) is 0 Å². The number of hydrogen-bond donors (Lipinski definition) is 0. The van der Waals surface area contributed by atoms with Crippen LogP contribution < -0.4 is 4.90 Å². The highest BCUT2D eigenvalue weighted by Gasteiger charge is 2.10. The maximum atomic E-state index is 5.96. The summed E-state index contributed by atoms with van der Waals surface area (Å²) in [4.78, 5) is 2.24. The van der Waals surface area contributed by atoms with Crippen LogP contribution in [0.1, 0.15) is 13.3 Å². The van der Waals surface area contributed by atoms with Crippen LogP contribution in [-0.2, 0) is 0 Å². The Balaban J connectivity index is 2.19. The van der Waals surface area contributed by atoms with Crippen LogP contribution in [0, 0.1) is 0 Å². The van der Waals surface area contributed by atoms with E-state index in [1.54, 1.807) is 11.5 Å². The van der Waals surface area contributed by atoms with E-state index in [4.69, 9.17) is 11.6 Å². The SMILES string of the molecule is CC(Cl)CCN(C)c1snc2ccccc12. The number of fused-ring (bicyclic) bond motifs is 1. The van der Waals surface area contributed by atoms with Crippen molar-refractivity contribution in [3.8, 4) is 0 Å². The van der Waals surface area contributed by atoms with Gasteiger partial charge in [0, 0.05) is 24.4 Å². The molecule has 86 valence electrons. The maximum absolute atomic E-state index is 5.96. The van der Waals surface area contributed by atoms with Gasteiger partial charge in [-0.3, -0.25) is 0 Å². The van der Waals surface area contributed by atoms with E-state index >= 15 is 0 Å². The van der Waals surface area contributed by atoms with Crippen molar-refractivity contribution >= 4 is 39.0 Å². The summed E-state index contributed by atoms with van der Waals surface area (Å²) >= 11 is 7.52. The number of alkyl halides is 1. The average molecular weight is 255 g/mol. The van der Waals surface area contributed by atoms with Crippen molar-refractivity contribution in [2.24, 2.45) is 0 Å². The Morgan fingerprint density at radius 1 is 1.44 bits per heavy atom. The summed E-state index contributed by atoms with van der Waals surface area (Å²) < 4.78 is 4.43. The third kappa shape index (κ3) is 2.47. The minimum atomic E-state index is 0.224. The molecule has 2 nitrogen and oxygen atoms in total. The van der Waals surface area contributed by atoms with Gasteiger partial charge < -0.3 is 4.90 Å². The fourth-order valence-electron chi connectivity index (χ4n) is 1.62. The monoisotopic (exact) mass is 254 g/mol. The summed E-state index contributed by atoms with van der Waals surface area (Å²) in [5, 5.41) is 2.69. The van der Waals surface area contributed by atoms with E-state index in [9.17, 15) is 0 Å². The molecule has 0 aliphatic rings. The highest BCUT2D eigenvalue weighted by molar-refractivity contribution is 7.11. The third-order valence-corrected chi connectivity index (χ3v) is 3.78.